The van der Waals surface area contributed by atoms with Crippen LogP contribution >= 0.6 is 0 Å². The Morgan fingerprint density at radius 1 is 1.35 bits per heavy atom. The molecule has 1 aromatic heterocycles. The van der Waals surface area contributed by atoms with Crippen molar-refractivity contribution in [3.05, 3.63) is 17.5 Å². The van der Waals surface area contributed by atoms with Gasteiger partial charge in [0.1, 0.15) is 6.54 Å². The summed E-state index contributed by atoms with van der Waals surface area (Å²) < 4.78 is 1.86. The minimum Gasteiger partial charge on any atom is -0.480 e. The molecule has 0 aliphatic carbocycles. The van der Waals surface area contributed by atoms with E-state index in [2.05, 4.69) is 18.9 Å². The molecule has 1 heterocycles. The van der Waals surface area contributed by atoms with Crippen LogP contribution in [0.1, 0.15) is 55.8 Å². The average molecular weight is 281 g/mol. The molecule has 0 aromatic carbocycles. The summed E-state index contributed by atoms with van der Waals surface area (Å²) in [6.45, 7) is 7.88. The van der Waals surface area contributed by atoms with Gasteiger partial charge in [-0.1, -0.05) is 13.8 Å². The van der Waals surface area contributed by atoms with E-state index < -0.39 is 5.97 Å². The normalized spacial score (nSPS) is 10.8. The highest BCUT2D eigenvalue weighted by molar-refractivity contribution is 5.94. The largest absolute Gasteiger partial charge is 0.480 e. The van der Waals surface area contributed by atoms with Crippen molar-refractivity contribution in [3.8, 4) is 0 Å². The summed E-state index contributed by atoms with van der Waals surface area (Å²) in [5.74, 6) is -1.35. The van der Waals surface area contributed by atoms with Gasteiger partial charge >= 0.3 is 5.97 Å². The number of carbonyl (C=O) groups is 2. The maximum absolute atomic E-state index is 12.3. The highest BCUT2D eigenvalue weighted by atomic mass is 16.4. The fourth-order valence-corrected chi connectivity index (χ4v) is 2.25. The predicted octanol–water partition coefficient (Wildman–Crippen LogP) is 2.10. The van der Waals surface area contributed by atoms with Crippen LogP contribution in [0.25, 0.3) is 0 Å². The van der Waals surface area contributed by atoms with Crippen LogP contribution in [0.15, 0.2) is 6.07 Å². The Balaban J connectivity index is 2.99. The topological polar surface area (TPSA) is 75.4 Å². The van der Waals surface area contributed by atoms with E-state index in [4.69, 9.17) is 5.11 Å². The second kappa shape index (κ2) is 7.07. The highest BCUT2D eigenvalue weighted by Gasteiger charge is 2.21. The summed E-state index contributed by atoms with van der Waals surface area (Å²) in [5.41, 5.74) is 1.24. The van der Waals surface area contributed by atoms with E-state index in [1.54, 1.807) is 13.0 Å². The molecule has 0 bridgehead atoms. The second-order valence-corrected chi connectivity index (χ2v) is 4.80. The molecular formula is C14H23N3O3. The number of likely N-dealkylation sites (N-methyl/N-ethyl adjacent to an activating group) is 1. The highest BCUT2D eigenvalue weighted by Crippen LogP contribution is 2.18. The van der Waals surface area contributed by atoms with Crippen molar-refractivity contribution in [2.75, 3.05) is 13.1 Å². The number of carbonyl (C=O) groups excluding carboxylic acids is 1. The molecule has 0 fully saturated rings. The number of hydrogen-bond acceptors (Lipinski definition) is 3. The first-order valence-electron chi connectivity index (χ1n) is 7.01. The van der Waals surface area contributed by atoms with Crippen molar-refractivity contribution in [2.24, 2.45) is 0 Å². The Kier molecular flexibility index (Phi) is 5.73. The first kappa shape index (κ1) is 16.2. The molecule has 6 nitrogen and oxygen atoms in total. The minimum absolute atomic E-state index is 0.270. The zero-order valence-corrected chi connectivity index (χ0v) is 12.6. The van der Waals surface area contributed by atoms with E-state index in [9.17, 15) is 9.59 Å². The summed E-state index contributed by atoms with van der Waals surface area (Å²) in [6.07, 6.45) is 1.89. The standard InChI is InChI=1S/C14H23N3O3/c1-5-11(6-2)17-10(4)8-12(15-17)14(20)16(7-3)9-13(18)19/h8,11H,5-7,9H2,1-4H3,(H,18,19). The molecule has 0 aliphatic rings. The summed E-state index contributed by atoms with van der Waals surface area (Å²) in [5, 5.41) is 13.2. The van der Waals surface area contributed by atoms with E-state index in [0.29, 0.717) is 12.2 Å². The van der Waals surface area contributed by atoms with Gasteiger partial charge in [0.15, 0.2) is 5.69 Å². The quantitative estimate of drug-likeness (QED) is 0.830. The van der Waals surface area contributed by atoms with Gasteiger partial charge in [0.25, 0.3) is 5.91 Å². The monoisotopic (exact) mass is 281 g/mol. The molecule has 1 aromatic rings. The molecule has 1 N–H and O–H groups in total. The maximum Gasteiger partial charge on any atom is 0.323 e. The molecule has 0 radical (unpaired) electrons. The van der Waals surface area contributed by atoms with Gasteiger partial charge in [0, 0.05) is 12.2 Å². The summed E-state index contributed by atoms with van der Waals surface area (Å²) in [7, 11) is 0. The first-order chi connectivity index (χ1) is 9.44. The van der Waals surface area contributed by atoms with Crippen LogP contribution < -0.4 is 0 Å². The molecule has 1 rings (SSSR count). The van der Waals surface area contributed by atoms with E-state index in [1.807, 2.05) is 11.6 Å². The third kappa shape index (κ3) is 3.59. The van der Waals surface area contributed by atoms with Crippen molar-refractivity contribution in [3.63, 3.8) is 0 Å². The number of carboxylic acids is 1. The number of amides is 1. The number of nitrogens with zero attached hydrogens (tertiary/aromatic N) is 3. The van der Waals surface area contributed by atoms with Crippen LogP contribution in [-0.4, -0.2) is 44.8 Å². The van der Waals surface area contributed by atoms with Crippen LogP contribution in [0.5, 0.6) is 0 Å². The van der Waals surface area contributed by atoms with Crippen LogP contribution in [-0.2, 0) is 4.79 Å². The van der Waals surface area contributed by atoms with Gasteiger partial charge in [-0.15, -0.1) is 0 Å². The number of aromatic nitrogens is 2. The molecule has 0 spiro atoms. The lowest BCUT2D eigenvalue weighted by atomic mass is 10.2. The smallest absolute Gasteiger partial charge is 0.323 e. The van der Waals surface area contributed by atoms with Gasteiger partial charge < -0.3 is 10.0 Å². The number of aliphatic carboxylic acids is 1. The van der Waals surface area contributed by atoms with Crippen LogP contribution in [0.4, 0.5) is 0 Å². The van der Waals surface area contributed by atoms with E-state index in [1.165, 1.54) is 4.90 Å². The zero-order valence-electron chi connectivity index (χ0n) is 12.6. The number of aryl methyl sites for hydroxylation is 1. The number of rotatable bonds is 7. The van der Waals surface area contributed by atoms with E-state index in [-0.39, 0.29) is 18.5 Å². The third-order valence-corrected chi connectivity index (χ3v) is 3.42. The van der Waals surface area contributed by atoms with Crippen molar-refractivity contribution in [1.29, 1.82) is 0 Å². The Morgan fingerprint density at radius 2 is 1.95 bits per heavy atom. The van der Waals surface area contributed by atoms with Crippen molar-refractivity contribution < 1.29 is 14.7 Å². The van der Waals surface area contributed by atoms with E-state index in [0.717, 1.165) is 18.5 Å². The molecular weight excluding hydrogens is 258 g/mol. The Bertz CT molecular complexity index is 478. The van der Waals surface area contributed by atoms with Crippen LogP contribution in [0.3, 0.4) is 0 Å². The molecule has 1 amide bonds. The Morgan fingerprint density at radius 3 is 2.40 bits per heavy atom. The Labute approximate surface area is 119 Å². The lowest BCUT2D eigenvalue weighted by Crippen LogP contribution is -2.35. The van der Waals surface area contributed by atoms with Crippen molar-refractivity contribution in [1.82, 2.24) is 14.7 Å². The Hall–Kier alpha value is -1.85. The average Bonchev–Trinajstić information content (AvgIpc) is 2.79. The lowest BCUT2D eigenvalue weighted by molar-refractivity contribution is -0.137. The first-order valence-corrected chi connectivity index (χ1v) is 7.01. The van der Waals surface area contributed by atoms with Crippen molar-refractivity contribution in [2.45, 2.75) is 46.6 Å². The fourth-order valence-electron chi connectivity index (χ4n) is 2.25. The minimum atomic E-state index is -1.02. The van der Waals surface area contributed by atoms with Gasteiger partial charge in [-0.05, 0) is 32.8 Å². The maximum atomic E-state index is 12.3. The van der Waals surface area contributed by atoms with Gasteiger partial charge in [-0.25, -0.2) is 0 Å². The molecule has 0 saturated heterocycles. The lowest BCUT2D eigenvalue weighted by Gasteiger charge is -2.17. The van der Waals surface area contributed by atoms with Crippen molar-refractivity contribution >= 4 is 11.9 Å². The second-order valence-electron chi connectivity index (χ2n) is 4.80. The van der Waals surface area contributed by atoms with Gasteiger partial charge in [0.05, 0.1) is 6.04 Å². The summed E-state index contributed by atoms with van der Waals surface area (Å²) >= 11 is 0. The summed E-state index contributed by atoms with van der Waals surface area (Å²) in [6, 6.07) is 2.00. The predicted molar refractivity (Wildman–Crippen MR) is 75.8 cm³/mol. The summed E-state index contributed by atoms with van der Waals surface area (Å²) in [4.78, 5) is 24.3. The van der Waals surface area contributed by atoms with Gasteiger partial charge in [-0.2, -0.15) is 5.10 Å². The molecule has 0 saturated carbocycles. The molecule has 0 aliphatic heterocycles. The number of carboxylic acid groups (broad SMARTS) is 1. The van der Waals surface area contributed by atoms with Crippen LogP contribution in [0.2, 0.25) is 0 Å². The molecule has 6 heteroatoms. The van der Waals surface area contributed by atoms with E-state index >= 15 is 0 Å². The van der Waals surface area contributed by atoms with Gasteiger partial charge in [0.2, 0.25) is 0 Å². The molecule has 20 heavy (non-hydrogen) atoms. The molecule has 0 atom stereocenters. The SMILES string of the molecule is CCC(CC)n1nc(C(=O)N(CC)CC(=O)O)cc1C. The zero-order chi connectivity index (χ0) is 15.3. The third-order valence-electron chi connectivity index (χ3n) is 3.42. The van der Waals surface area contributed by atoms with Gasteiger partial charge in [-0.3, -0.25) is 14.3 Å². The fraction of sp³-hybridized carbons (Fsp3) is 0.643. The molecule has 0 unspecified atom stereocenters. The van der Waals surface area contributed by atoms with Crippen LogP contribution in [0, 0.1) is 6.92 Å². The number of hydrogen-bond donors (Lipinski definition) is 1. The molecule has 112 valence electrons.